The largest absolute Gasteiger partial charge is 0.481 e. The van der Waals surface area contributed by atoms with Crippen LogP contribution in [0.15, 0.2) is 15.0 Å². The van der Waals surface area contributed by atoms with Crippen molar-refractivity contribution in [1.82, 2.24) is 31.9 Å². The quantitative estimate of drug-likeness (QED) is 0.0169. The van der Waals surface area contributed by atoms with Crippen molar-refractivity contribution in [2.75, 3.05) is 32.8 Å². The lowest BCUT2D eigenvalue weighted by Gasteiger charge is -2.26. The molecule has 0 aliphatic carbocycles. The van der Waals surface area contributed by atoms with Crippen LogP contribution in [0.5, 0.6) is 0 Å². The molecule has 28 nitrogen and oxygen atoms in total. The van der Waals surface area contributed by atoms with E-state index in [1.807, 2.05) is 0 Å². The summed E-state index contributed by atoms with van der Waals surface area (Å²) in [5, 5.41) is 43.0. The molecule has 28 heteroatoms. The molecule has 0 unspecified atom stereocenters. The van der Waals surface area contributed by atoms with Gasteiger partial charge in [0.05, 0.1) is 19.1 Å². The molecule has 0 aromatic heterocycles. The van der Waals surface area contributed by atoms with E-state index in [2.05, 4.69) is 46.9 Å². The summed E-state index contributed by atoms with van der Waals surface area (Å²) in [6.45, 7) is 0.756. The third-order valence-electron chi connectivity index (χ3n) is 8.60. The molecule has 0 aromatic rings. The smallest absolute Gasteiger partial charge is 0.326 e. The number of carbonyl (C=O) groups excluding carboxylic acids is 6. The number of carboxylic acids is 2. The van der Waals surface area contributed by atoms with Crippen LogP contribution in [-0.4, -0.2) is 156 Å². The average molecular weight is 888 g/mol. The van der Waals surface area contributed by atoms with Crippen LogP contribution >= 0.6 is 0 Å². The number of hydrogen-bond acceptors (Lipinski definition) is 14. The zero-order valence-electron chi connectivity index (χ0n) is 34.7. The van der Waals surface area contributed by atoms with Crippen LogP contribution in [0.4, 0.5) is 0 Å². The van der Waals surface area contributed by atoms with Crippen LogP contribution in [0.3, 0.4) is 0 Å². The molecule has 0 rings (SSSR count). The number of rotatable bonds is 32. The summed E-state index contributed by atoms with van der Waals surface area (Å²) >= 11 is 0. The van der Waals surface area contributed by atoms with Gasteiger partial charge in [0, 0.05) is 19.6 Å². The van der Waals surface area contributed by atoms with Crippen molar-refractivity contribution in [2.45, 2.75) is 113 Å². The number of aliphatic imine (C=N–C) groups is 3. The third kappa shape index (κ3) is 24.5. The van der Waals surface area contributed by atoms with Crippen molar-refractivity contribution in [3.8, 4) is 0 Å². The maximum Gasteiger partial charge on any atom is 0.326 e. The molecule has 0 fully saturated rings. The highest BCUT2D eigenvalue weighted by Crippen LogP contribution is 2.08. The Morgan fingerprint density at radius 3 is 1.34 bits per heavy atom. The molecule has 0 bridgehead atoms. The third-order valence-corrected chi connectivity index (χ3v) is 8.60. The number of nitrogens with two attached hydrogens (primary N) is 8. The fourth-order valence-corrected chi connectivity index (χ4v) is 5.30. The second kappa shape index (κ2) is 30.5. The normalized spacial score (nSPS) is 14.1. The summed E-state index contributed by atoms with van der Waals surface area (Å²) in [4.78, 5) is 114. The van der Waals surface area contributed by atoms with Gasteiger partial charge in [-0.2, -0.15) is 0 Å². The average Bonchev–Trinajstić information content (AvgIpc) is 3.18. The van der Waals surface area contributed by atoms with E-state index in [0.717, 1.165) is 0 Å². The summed E-state index contributed by atoms with van der Waals surface area (Å²) in [6, 6.07) is -10.2. The summed E-state index contributed by atoms with van der Waals surface area (Å²) in [6.07, 6.45) is 0.368. The number of carboxylic acid groups (broad SMARTS) is 2. The molecule has 0 aliphatic heterocycles. The predicted molar refractivity (Wildman–Crippen MR) is 225 cm³/mol. The van der Waals surface area contributed by atoms with Crippen LogP contribution < -0.4 is 77.8 Å². The molecule has 62 heavy (non-hydrogen) atoms. The van der Waals surface area contributed by atoms with Crippen molar-refractivity contribution in [3.05, 3.63) is 0 Å². The lowest BCUT2D eigenvalue weighted by molar-refractivity contribution is -0.143. The Labute approximate surface area is 357 Å². The zero-order chi connectivity index (χ0) is 47.4. The topological polar surface area (TPSA) is 515 Å². The number of unbranched alkanes of at least 4 members (excludes halogenated alkanes) is 1. The fraction of sp³-hybridized carbons (Fsp3) is 0.676. The number of hydrogen-bond donors (Lipinski definition) is 17. The molecule has 0 spiro atoms. The van der Waals surface area contributed by atoms with E-state index in [1.165, 1.54) is 6.92 Å². The maximum absolute atomic E-state index is 13.7. The molecule has 6 amide bonds. The second-order valence-electron chi connectivity index (χ2n) is 13.9. The number of aliphatic hydroxyl groups is 1. The number of nitrogens with one attached hydrogen (secondary N) is 6. The van der Waals surface area contributed by atoms with Gasteiger partial charge in [-0.3, -0.25) is 48.5 Å². The Hall–Kier alpha value is -6.55. The van der Waals surface area contributed by atoms with Gasteiger partial charge in [-0.05, 0) is 71.3 Å². The number of amides is 6. The molecule has 352 valence electrons. The number of nitrogens with zero attached hydrogens (tertiary/aromatic N) is 3. The Morgan fingerprint density at radius 1 is 0.500 bits per heavy atom. The summed E-state index contributed by atoms with van der Waals surface area (Å²) in [5.41, 5.74) is 43.3. The SMILES string of the molecule is C[C@H](NC(=O)[C@H](CC(=O)O)NC(=O)[C@H](CO)NC(=O)[C@@H](N)CCCN=C(N)N)C(=O)N[C@@H](CCCN=C(N)N)C(=O)N[C@@H](CCCCN)C(=O)N[C@@H](CCCN=C(N)N)C(=O)O. The van der Waals surface area contributed by atoms with E-state index in [9.17, 15) is 53.7 Å². The van der Waals surface area contributed by atoms with E-state index >= 15 is 0 Å². The van der Waals surface area contributed by atoms with Crippen molar-refractivity contribution < 1.29 is 53.7 Å². The Bertz CT molecular complexity index is 1580. The first-order valence-corrected chi connectivity index (χ1v) is 19.6. The van der Waals surface area contributed by atoms with E-state index in [1.54, 1.807) is 0 Å². The molecule has 0 heterocycles. The molecular formula is C34H65N17O11. The molecule has 0 saturated carbocycles. The van der Waals surface area contributed by atoms with Crippen LogP contribution in [0.1, 0.15) is 71.1 Å². The van der Waals surface area contributed by atoms with Gasteiger partial charge in [0.2, 0.25) is 35.4 Å². The van der Waals surface area contributed by atoms with E-state index in [4.69, 9.17) is 45.9 Å². The summed E-state index contributed by atoms with van der Waals surface area (Å²) in [7, 11) is 0. The van der Waals surface area contributed by atoms with Crippen molar-refractivity contribution in [3.63, 3.8) is 0 Å². The van der Waals surface area contributed by atoms with Crippen molar-refractivity contribution in [1.29, 1.82) is 0 Å². The van der Waals surface area contributed by atoms with Gasteiger partial charge in [-0.15, -0.1) is 0 Å². The van der Waals surface area contributed by atoms with Gasteiger partial charge >= 0.3 is 11.9 Å². The zero-order valence-corrected chi connectivity index (χ0v) is 34.7. The number of aliphatic carboxylic acids is 2. The predicted octanol–water partition coefficient (Wildman–Crippen LogP) is -7.92. The molecule has 0 aliphatic rings. The van der Waals surface area contributed by atoms with E-state index in [-0.39, 0.29) is 82.6 Å². The van der Waals surface area contributed by atoms with Crippen molar-refractivity contribution >= 4 is 65.3 Å². The van der Waals surface area contributed by atoms with Crippen LogP contribution in [-0.2, 0) is 38.4 Å². The lowest BCUT2D eigenvalue weighted by atomic mass is 10.0. The molecule has 0 aromatic carbocycles. The van der Waals surface area contributed by atoms with Crippen LogP contribution in [0.25, 0.3) is 0 Å². The lowest BCUT2D eigenvalue weighted by Crippen LogP contribution is -2.60. The van der Waals surface area contributed by atoms with Gasteiger partial charge in [-0.25, -0.2) is 4.79 Å². The minimum Gasteiger partial charge on any atom is -0.481 e. The first-order chi connectivity index (χ1) is 29.1. The Kier molecular flexibility index (Phi) is 27.3. The minimum absolute atomic E-state index is 0.0199. The first kappa shape index (κ1) is 55.5. The maximum atomic E-state index is 13.7. The standard InChI is InChI=1S/C34H65N17O11/c1-17(46-29(59)22(15-24(53)54)50-30(60)23(16-52)51-26(56)18(36)7-4-12-43-32(37)38)25(55)47-20(9-5-13-44-33(39)40)27(57)48-19(8-2-3-11-35)28(58)49-21(31(61)62)10-6-14-45-34(41)42/h17-23,52H,2-16,35-36H2,1H3,(H,46,59)(H,47,55)(H,48,57)(H,49,58)(H,50,60)(H,51,56)(H,53,54)(H,61,62)(H4,37,38,43)(H4,39,40,44)(H4,41,42,45)/t17-,18-,19-,20-,21-,22-,23-/m0/s1. The first-order valence-electron chi connectivity index (χ1n) is 19.6. The summed E-state index contributed by atoms with van der Waals surface area (Å²) in [5.74, 6) is -9.36. The number of guanidine groups is 3. The van der Waals surface area contributed by atoms with Crippen molar-refractivity contribution in [2.24, 2.45) is 60.8 Å². The van der Waals surface area contributed by atoms with E-state index < -0.39 is 103 Å². The Balaban J connectivity index is 6.06. The summed E-state index contributed by atoms with van der Waals surface area (Å²) < 4.78 is 0. The fourth-order valence-electron chi connectivity index (χ4n) is 5.30. The molecular weight excluding hydrogens is 822 g/mol. The van der Waals surface area contributed by atoms with Gasteiger partial charge in [0.1, 0.15) is 36.3 Å². The second-order valence-corrected chi connectivity index (χ2v) is 13.9. The highest BCUT2D eigenvalue weighted by atomic mass is 16.4. The van der Waals surface area contributed by atoms with Gasteiger partial charge < -0.3 is 93.1 Å². The van der Waals surface area contributed by atoms with Gasteiger partial charge in [-0.1, -0.05) is 0 Å². The molecule has 25 N–H and O–H groups in total. The van der Waals surface area contributed by atoms with Gasteiger partial charge in [0.15, 0.2) is 17.9 Å². The van der Waals surface area contributed by atoms with E-state index in [0.29, 0.717) is 19.3 Å². The highest BCUT2D eigenvalue weighted by Gasteiger charge is 2.33. The molecule has 0 radical (unpaired) electrons. The Morgan fingerprint density at radius 2 is 0.887 bits per heavy atom. The monoisotopic (exact) mass is 888 g/mol. The number of carbonyl (C=O) groups is 8. The number of aliphatic hydroxyl groups excluding tert-OH is 1. The van der Waals surface area contributed by atoms with Crippen LogP contribution in [0, 0.1) is 0 Å². The van der Waals surface area contributed by atoms with Gasteiger partial charge in [0.25, 0.3) is 0 Å². The molecule has 0 saturated heterocycles. The molecule has 7 atom stereocenters. The van der Waals surface area contributed by atoms with Crippen LogP contribution in [0.2, 0.25) is 0 Å². The highest BCUT2D eigenvalue weighted by molar-refractivity contribution is 5.98. The minimum atomic E-state index is -1.83.